The molecule has 0 saturated carbocycles. The molecule has 0 amide bonds. The number of nitrogens with zero attached hydrogens (tertiary/aromatic N) is 1. The van der Waals surface area contributed by atoms with Gasteiger partial charge in [-0.1, -0.05) is 29.8 Å². The van der Waals surface area contributed by atoms with Gasteiger partial charge in [-0.2, -0.15) is 0 Å². The van der Waals surface area contributed by atoms with Gasteiger partial charge in [0.15, 0.2) is 0 Å². The number of para-hydroxylation sites is 1. The normalized spacial score (nSPS) is 14.4. The molecule has 0 bridgehead atoms. The van der Waals surface area contributed by atoms with Crippen molar-refractivity contribution in [3.63, 3.8) is 0 Å². The first-order valence-corrected chi connectivity index (χ1v) is 7.00. The molecule has 0 spiro atoms. The maximum Gasteiger partial charge on any atom is 0.124 e. The predicted molar refractivity (Wildman–Crippen MR) is 80.4 cm³/mol. The van der Waals surface area contributed by atoms with Gasteiger partial charge in [0.2, 0.25) is 0 Å². The molecule has 0 aliphatic carbocycles. The van der Waals surface area contributed by atoms with E-state index >= 15 is 0 Å². The van der Waals surface area contributed by atoms with Gasteiger partial charge in [-0.25, -0.2) is 0 Å². The molecule has 0 radical (unpaired) electrons. The van der Waals surface area contributed by atoms with E-state index in [1.807, 2.05) is 36.4 Å². The summed E-state index contributed by atoms with van der Waals surface area (Å²) in [6.07, 6.45) is 0. The Morgan fingerprint density at radius 1 is 1.20 bits per heavy atom. The molecule has 0 atom stereocenters. The number of hydrogen-bond donors (Lipinski definition) is 1. The van der Waals surface area contributed by atoms with Gasteiger partial charge in [0, 0.05) is 28.4 Å². The number of halogens is 1. The summed E-state index contributed by atoms with van der Waals surface area (Å²) < 4.78 is 5.77. The predicted octanol–water partition coefficient (Wildman–Crippen LogP) is 3.23. The van der Waals surface area contributed by atoms with E-state index in [0.717, 1.165) is 35.7 Å². The highest BCUT2D eigenvalue weighted by Crippen LogP contribution is 2.29. The number of anilines is 1. The first-order valence-electron chi connectivity index (χ1n) is 6.63. The van der Waals surface area contributed by atoms with Crippen LogP contribution < -0.4 is 9.64 Å². The highest BCUT2D eigenvalue weighted by Gasteiger charge is 2.17. The maximum atomic E-state index is 9.52. The molecular weight excluding hydrogens is 274 g/mol. The smallest absolute Gasteiger partial charge is 0.124 e. The third-order valence-corrected chi connectivity index (χ3v) is 3.74. The van der Waals surface area contributed by atoms with Crippen LogP contribution in [0.5, 0.6) is 5.75 Å². The van der Waals surface area contributed by atoms with E-state index in [-0.39, 0.29) is 6.61 Å². The number of fused-ring (bicyclic) bond motifs is 1. The van der Waals surface area contributed by atoms with Crippen LogP contribution in [-0.2, 0) is 13.2 Å². The maximum absolute atomic E-state index is 9.52. The van der Waals surface area contributed by atoms with Crippen LogP contribution in [0.2, 0.25) is 5.02 Å². The van der Waals surface area contributed by atoms with Gasteiger partial charge in [0.1, 0.15) is 12.4 Å². The molecule has 104 valence electrons. The van der Waals surface area contributed by atoms with Crippen molar-refractivity contribution in [2.45, 2.75) is 13.2 Å². The average molecular weight is 290 g/mol. The number of benzene rings is 2. The molecule has 0 aromatic heterocycles. The quantitative estimate of drug-likeness (QED) is 0.921. The summed E-state index contributed by atoms with van der Waals surface area (Å²) in [7, 11) is 0. The molecule has 1 aliphatic heterocycles. The van der Waals surface area contributed by atoms with E-state index < -0.39 is 0 Å². The molecule has 1 aliphatic rings. The Morgan fingerprint density at radius 3 is 2.90 bits per heavy atom. The van der Waals surface area contributed by atoms with E-state index in [0.29, 0.717) is 11.6 Å². The standard InChI is InChI=1S/C16H16ClNO2/c17-14-5-6-15(13(9-14)11-19)18-7-8-20-16-4-2-1-3-12(16)10-18/h1-6,9,19H,7-8,10-11H2. The molecular formula is C16H16ClNO2. The Balaban J connectivity index is 1.95. The van der Waals surface area contributed by atoms with E-state index in [1.54, 1.807) is 0 Å². The van der Waals surface area contributed by atoms with Gasteiger partial charge >= 0.3 is 0 Å². The van der Waals surface area contributed by atoms with Crippen LogP contribution in [-0.4, -0.2) is 18.3 Å². The summed E-state index contributed by atoms with van der Waals surface area (Å²) in [5.74, 6) is 0.939. The van der Waals surface area contributed by atoms with Gasteiger partial charge in [0.25, 0.3) is 0 Å². The van der Waals surface area contributed by atoms with Gasteiger partial charge in [-0.05, 0) is 24.3 Å². The fraction of sp³-hybridized carbons (Fsp3) is 0.250. The molecule has 4 heteroatoms. The van der Waals surface area contributed by atoms with E-state index in [1.165, 1.54) is 0 Å². The third kappa shape index (κ3) is 2.60. The topological polar surface area (TPSA) is 32.7 Å². The third-order valence-electron chi connectivity index (χ3n) is 3.51. The average Bonchev–Trinajstić information content (AvgIpc) is 2.69. The summed E-state index contributed by atoms with van der Waals surface area (Å²) >= 11 is 5.99. The minimum Gasteiger partial charge on any atom is -0.491 e. The Labute approximate surface area is 123 Å². The molecule has 0 fully saturated rings. The van der Waals surface area contributed by atoms with Crippen molar-refractivity contribution < 1.29 is 9.84 Å². The zero-order chi connectivity index (χ0) is 13.9. The van der Waals surface area contributed by atoms with Gasteiger partial charge in [-0.3, -0.25) is 0 Å². The largest absolute Gasteiger partial charge is 0.491 e. The second-order valence-corrected chi connectivity index (χ2v) is 5.25. The molecule has 1 heterocycles. The van der Waals surface area contributed by atoms with E-state index in [9.17, 15) is 5.11 Å². The van der Waals surface area contributed by atoms with Crippen LogP contribution in [0.15, 0.2) is 42.5 Å². The van der Waals surface area contributed by atoms with Crippen LogP contribution in [0.3, 0.4) is 0 Å². The SMILES string of the molecule is OCc1cc(Cl)ccc1N1CCOc2ccccc2C1. The Bertz CT molecular complexity index is 615. The molecule has 3 nitrogen and oxygen atoms in total. The lowest BCUT2D eigenvalue weighted by Gasteiger charge is -2.24. The second-order valence-electron chi connectivity index (χ2n) is 4.81. The molecule has 0 unspecified atom stereocenters. The van der Waals surface area contributed by atoms with Crippen molar-refractivity contribution >= 4 is 17.3 Å². The number of aliphatic hydroxyl groups is 1. The lowest BCUT2D eigenvalue weighted by atomic mass is 10.1. The minimum absolute atomic E-state index is 0.0190. The van der Waals surface area contributed by atoms with Gasteiger partial charge in [0.05, 0.1) is 13.2 Å². The number of hydrogen-bond acceptors (Lipinski definition) is 3. The van der Waals surface area contributed by atoms with Crippen molar-refractivity contribution in [2.24, 2.45) is 0 Å². The second kappa shape index (κ2) is 5.73. The van der Waals surface area contributed by atoms with Crippen LogP contribution in [0.1, 0.15) is 11.1 Å². The lowest BCUT2D eigenvalue weighted by molar-refractivity contribution is 0.281. The first kappa shape index (κ1) is 13.3. The molecule has 2 aromatic rings. The van der Waals surface area contributed by atoms with E-state index in [4.69, 9.17) is 16.3 Å². The number of rotatable bonds is 2. The van der Waals surface area contributed by atoms with Crippen LogP contribution >= 0.6 is 11.6 Å². The fourth-order valence-corrected chi connectivity index (χ4v) is 2.72. The summed E-state index contributed by atoms with van der Waals surface area (Å²) in [6, 6.07) is 13.7. The first-order chi connectivity index (χ1) is 9.78. The van der Waals surface area contributed by atoms with E-state index in [2.05, 4.69) is 11.0 Å². The zero-order valence-electron chi connectivity index (χ0n) is 11.1. The Morgan fingerprint density at radius 2 is 2.05 bits per heavy atom. The van der Waals surface area contributed by atoms with Crippen molar-refractivity contribution in [3.05, 3.63) is 58.6 Å². The molecule has 0 saturated heterocycles. The lowest BCUT2D eigenvalue weighted by Crippen LogP contribution is -2.26. The van der Waals surface area contributed by atoms with Gasteiger partial charge in [-0.15, -0.1) is 0 Å². The molecule has 2 aromatic carbocycles. The zero-order valence-corrected chi connectivity index (χ0v) is 11.8. The summed E-state index contributed by atoms with van der Waals surface area (Å²) in [4.78, 5) is 2.22. The Hall–Kier alpha value is -1.71. The Kier molecular flexibility index (Phi) is 3.81. The van der Waals surface area contributed by atoms with Crippen molar-refractivity contribution in [3.8, 4) is 5.75 Å². The molecule has 1 N–H and O–H groups in total. The number of aliphatic hydroxyl groups excluding tert-OH is 1. The molecule has 3 rings (SSSR count). The van der Waals surface area contributed by atoms with Crippen LogP contribution in [0.4, 0.5) is 5.69 Å². The van der Waals surface area contributed by atoms with Crippen molar-refractivity contribution in [1.29, 1.82) is 0 Å². The highest BCUT2D eigenvalue weighted by molar-refractivity contribution is 6.30. The van der Waals surface area contributed by atoms with Crippen LogP contribution in [0, 0.1) is 0 Å². The summed E-state index contributed by atoms with van der Waals surface area (Å²) in [5, 5.41) is 10.2. The monoisotopic (exact) mass is 289 g/mol. The number of ether oxygens (including phenoxy) is 1. The molecule has 20 heavy (non-hydrogen) atoms. The fourth-order valence-electron chi connectivity index (χ4n) is 2.52. The summed E-state index contributed by atoms with van der Waals surface area (Å²) in [5.41, 5.74) is 3.01. The summed E-state index contributed by atoms with van der Waals surface area (Å²) in [6.45, 7) is 2.16. The van der Waals surface area contributed by atoms with Crippen molar-refractivity contribution in [1.82, 2.24) is 0 Å². The minimum atomic E-state index is -0.0190. The van der Waals surface area contributed by atoms with Crippen LogP contribution in [0.25, 0.3) is 0 Å². The van der Waals surface area contributed by atoms with Crippen molar-refractivity contribution in [2.75, 3.05) is 18.1 Å². The highest BCUT2D eigenvalue weighted by atomic mass is 35.5. The van der Waals surface area contributed by atoms with Gasteiger partial charge < -0.3 is 14.7 Å².